The number of aliphatic hydroxyl groups is 4. The van der Waals surface area contributed by atoms with Gasteiger partial charge in [0.2, 0.25) is 0 Å². The van der Waals surface area contributed by atoms with Gasteiger partial charge >= 0.3 is 0 Å². The third kappa shape index (κ3) is 11.8. The average Bonchev–Trinajstić information content (AvgIpc) is 2.73. The van der Waals surface area contributed by atoms with E-state index in [-0.39, 0.29) is 43.3 Å². The van der Waals surface area contributed by atoms with Crippen molar-refractivity contribution < 1.29 is 30.6 Å². The average molecular weight is 423 g/mol. The Morgan fingerprint density at radius 2 is 0.800 bits per heavy atom. The summed E-state index contributed by atoms with van der Waals surface area (Å²) < 4.78 is 0. The number of aromatic hydroxyl groups is 2. The molecule has 6 heteroatoms. The summed E-state index contributed by atoms with van der Waals surface area (Å²) >= 11 is 0. The summed E-state index contributed by atoms with van der Waals surface area (Å²) in [5, 5.41) is 51.0. The normalized spacial score (nSPS) is 10.5. The summed E-state index contributed by atoms with van der Waals surface area (Å²) in [6.07, 6.45) is 4.33. The molecular weight excluding hydrogens is 384 g/mol. The van der Waals surface area contributed by atoms with E-state index >= 15 is 0 Å². The SMILES string of the molecule is CC(C)(c1ccc(O)cc1)c1ccc(O)cc1.OCCCCCCO.OCCCO. The quantitative estimate of drug-likeness (QED) is 0.345. The maximum Gasteiger partial charge on any atom is 0.115 e. The van der Waals surface area contributed by atoms with Crippen molar-refractivity contribution in [3.63, 3.8) is 0 Å². The van der Waals surface area contributed by atoms with Crippen LogP contribution in [0.1, 0.15) is 57.1 Å². The minimum absolute atomic E-state index is 0.0938. The Bertz CT molecular complexity index is 582. The smallest absolute Gasteiger partial charge is 0.115 e. The maximum atomic E-state index is 9.30. The number of aliphatic hydroxyl groups excluding tert-OH is 4. The fourth-order valence-corrected chi connectivity index (χ4v) is 2.57. The van der Waals surface area contributed by atoms with Crippen LogP contribution in [0.4, 0.5) is 0 Å². The van der Waals surface area contributed by atoms with Gasteiger partial charge in [-0.3, -0.25) is 0 Å². The lowest BCUT2D eigenvalue weighted by molar-refractivity contribution is 0.221. The van der Waals surface area contributed by atoms with Gasteiger partial charge in [-0.25, -0.2) is 0 Å². The van der Waals surface area contributed by atoms with Gasteiger partial charge in [0.25, 0.3) is 0 Å². The molecule has 2 aromatic rings. The van der Waals surface area contributed by atoms with Crippen molar-refractivity contribution in [1.82, 2.24) is 0 Å². The number of phenolic OH excluding ortho intramolecular Hbond substituents is 2. The van der Waals surface area contributed by atoms with Gasteiger partial charge in [0.05, 0.1) is 0 Å². The summed E-state index contributed by atoms with van der Waals surface area (Å²) in [5.74, 6) is 0.547. The first-order valence-corrected chi connectivity index (χ1v) is 10.4. The van der Waals surface area contributed by atoms with E-state index < -0.39 is 0 Å². The molecule has 0 aliphatic heterocycles. The first kappa shape index (κ1) is 27.9. The zero-order chi connectivity index (χ0) is 22.8. The lowest BCUT2D eigenvalue weighted by atomic mass is 9.78. The molecule has 0 aromatic heterocycles. The van der Waals surface area contributed by atoms with E-state index in [0.717, 1.165) is 36.8 Å². The van der Waals surface area contributed by atoms with Gasteiger partial charge < -0.3 is 30.6 Å². The van der Waals surface area contributed by atoms with Crippen LogP contribution in [-0.4, -0.2) is 57.1 Å². The van der Waals surface area contributed by atoms with Crippen molar-refractivity contribution in [2.45, 2.75) is 51.4 Å². The van der Waals surface area contributed by atoms with Crippen LogP contribution in [0, 0.1) is 0 Å². The molecule has 0 radical (unpaired) electrons. The molecule has 0 bridgehead atoms. The zero-order valence-electron chi connectivity index (χ0n) is 18.2. The van der Waals surface area contributed by atoms with Crippen molar-refractivity contribution in [3.8, 4) is 11.5 Å². The second-order valence-electron chi connectivity index (χ2n) is 7.38. The number of rotatable bonds is 9. The second-order valence-corrected chi connectivity index (χ2v) is 7.38. The molecule has 0 fully saturated rings. The first-order valence-electron chi connectivity index (χ1n) is 10.4. The molecular formula is C24H38O6. The highest BCUT2D eigenvalue weighted by Gasteiger charge is 2.22. The van der Waals surface area contributed by atoms with Crippen LogP contribution >= 0.6 is 0 Å². The predicted molar refractivity (Wildman–Crippen MR) is 120 cm³/mol. The maximum absolute atomic E-state index is 9.30. The zero-order valence-corrected chi connectivity index (χ0v) is 18.2. The Labute approximate surface area is 180 Å². The van der Waals surface area contributed by atoms with E-state index in [2.05, 4.69) is 13.8 Å². The summed E-state index contributed by atoms with van der Waals surface area (Å²) in [4.78, 5) is 0. The van der Waals surface area contributed by atoms with Gasteiger partial charge in [0, 0.05) is 31.8 Å². The van der Waals surface area contributed by atoms with Crippen LogP contribution in [0.15, 0.2) is 48.5 Å². The predicted octanol–water partition coefficient (Wildman–Crippen LogP) is 3.32. The van der Waals surface area contributed by atoms with E-state index in [1.54, 1.807) is 24.3 Å². The Morgan fingerprint density at radius 1 is 0.500 bits per heavy atom. The summed E-state index contributed by atoms with van der Waals surface area (Å²) in [6.45, 7) is 4.99. The van der Waals surface area contributed by atoms with Gasteiger partial charge in [0.15, 0.2) is 0 Å². The molecule has 2 rings (SSSR count). The summed E-state index contributed by atoms with van der Waals surface area (Å²) in [5.41, 5.74) is 2.10. The van der Waals surface area contributed by atoms with Crippen molar-refractivity contribution in [2.75, 3.05) is 26.4 Å². The van der Waals surface area contributed by atoms with Gasteiger partial charge in [-0.1, -0.05) is 51.0 Å². The fraction of sp³-hybridized carbons (Fsp3) is 0.500. The second kappa shape index (κ2) is 16.7. The molecule has 0 aliphatic carbocycles. The molecule has 0 amide bonds. The molecule has 0 saturated heterocycles. The molecule has 6 N–H and O–H groups in total. The molecule has 6 nitrogen and oxygen atoms in total. The topological polar surface area (TPSA) is 121 Å². The van der Waals surface area contributed by atoms with Crippen LogP contribution in [0.3, 0.4) is 0 Å². The van der Waals surface area contributed by atoms with E-state index in [1.807, 2.05) is 24.3 Å². The number of benzene rings is 2. The molecule has 0 saturated carbocycles. The van der Waals surface area contributed by atoms with Crippen LogP contribution in [0.2, 0.25) is 0 Å². The van der Waals surface area contributed by atoms with Gasteiger partial charge in [-0.15, -0.1) is 0 Å². The van der Waals surface area contributed by atoms with Crippen LogP contribution in [-0.2, 0) is 5.41 Å². The van der Waals surface area contributed by atoms with Crippen LogP contribution in [0.25, 0.3) is 0 Å². The lowest BCUT2D eigenvalue weighted by Crippen LogP contribution is -2.18. The number of unbranched alkanes of at least 4 members (excludes halogenated alkanes) is 3. The van der Waals surface area contributed by atoms with Crippen LogP contribution < -0.4 is 0 Å². The Hall–Kier alpha value is -2.12. The van der Waals surface area contributed by atoms with Crippen molar-refractivity contribution in [1.29, 1.82) is 0 Å². The third-order valence-corrected chi connectivity index (χ3v) is 4.56. The fourth-order valence-electron chi connectivity index (χ4n) is 2.57. The van der Waals surface area contributed by atoms with E-state index in [0.29, 0.717) is 6.42 Å². The summed E-state index contributed by atoms with van der Waals surface area (Å²) in [7, 11) is 0. The molecule has 0 spiro atoms. The van der Waals surface area contributed by atoms with E-state index in [9.17, 15) is 10.2 Å². The molecule has 2 aromatic carbocycles. The minimum Gasteiger partial charge on any atom is -0.508 e. The molecule has 0 aliphatic rings. The van der Waals surface area contributed by atoms with Crippen LogP contribution in [0.5, 0.6) is 11.5 Å². The molecule has 0 unspecified atom stereocenters. The van der Waals surface area contributed by atoms with Crippen molar-refractivity contribution >= 4 is 0 Å². The number of phenols is 2. The van der Waals surface area contributed by atoms with E-state index in [4.69, 9.17) is 20.4 Å². The highest BCUT2D eigenvalue weighted by atomic mass is 16.3. The molecule has 170 valence electrons. The van der Waals surface area contributed by atoms with Gasteiger partial charge in [-0.2, -0.15) is 0 Å². The Balaban J connectivity index is 0.000000540. The highest BCUT2D eigenvalue weighted by Crippen LogP contribution is 2.32. The number of hydrogen-bond acceptors (Lipinski definition) is 6. The highest BCUT2D eigenvalue weighted by molar-refractivity contribution is 5.41. The molecule has 30 heavy (non-hydrogen) atoms. The Morgan fingerprint density at radius 3 is 1.03 bits per heavy atom. The van der Waals surface area contributed by atoms with E-state index in [1.165, 1.54) is 0 Å². The monoisotopic (exact) mass is 422 g/mol. The Kier molecular flexibility index (Phi) is 15.5. The van der Waals surface area contributed by atoms with Gasteiger partial charge in [-0.05, 0) is 54.7 Å². The first-order chi connectivity index (χ1) is 14.3. The van der Waals surface area contributed by atoms with Crippen molar-refractivity contribution in [2.24, 2.45) is 0 Å². The third-order valence-electron chi connectivity index (χ3n) is 4.56. The molecule has 0 heterocycles. The number of hydrogen-bond donors (Lipinski definition) is 6. The van der Waals surface area contributed by atoms with Gasteiger partial charge in [0.1, 0.15) is 11.5 Å². The minimum atomic E-state index is -0.151. The summed E-state index contributed by atoms with van der Waals surface area (Å²) in [6, 6.07) is 14.4. The van der Waals surface area contributed by atoms with Crippen molar-refractivity contribution in [3.05, 3.63) is 59.7 Å². The standard InChI is InChI=1S/C15H16O2.C6H14O2.C3H8O2/c1-15(2,11-3-7-13(16)8-4-11)12-5-9-14(17)10-6-12;7-5-3-1-2-4-6-8;4-2-1-3-5/h3-10,16-17H,1-2H3;7-8H,1-6H2;4-5H,1-3H2. The molecule has 0 atom stereocenters. The largest absolute Gasteiger partial charge is 0.508 e. The lowest BCUT2D eigenvalue weighted by Gasteiger charge is -2.26.